The minimum Gasteiger partial charge on any atom is -0.481 e. The maximum absolute atomic E-state index is 10.5. The first kappa shape index (κ1) is 14.5. The number of carboxylic acids is 1. The molecule has 1 rings (SSSR count). The summed E-state index contributed by atoms with van der Waals surface area (Å²) < 4.78 is 0. The highest BCUT2D eigenvalue weighted by Crippen LogP contribution is 2.19. The zero-order valence-corrected chi connectivity index (χ0v) is 11.1. The van der Waals surface area contributed by atoms with Crippen LogP contribution in [0, 0.1) is 0 Å². The topological polar surface area (TPSA) is 60.8 Å². The third kappa shape index (κ3) is 4.37. The number of anilines is 1. The Labute approximate surface area is 108 Å². The second-order valence-corrected chi connectivity index (χ2v) is 4.88. The van der Waals surface area contributed by atoms with E-state index in [4.69, 9.17) is 5.11 Å². The lowest BCUT2D eigenvalue weighted by Crippen LogP contribution is -2.30. The van der Waals surface area contributed by atoms with Crippen LogP contribution in [0.15, 0.2) is 24.3 Å². The molecule has 1 unspecified atom stereocenters. The number of aliphatic carboxylic acids is 1. The molecule has 4 heteroatoms. The Morgan fingerprint density at radius 3 is 2.28 bits per heavy atom. The predicted molar refractivity (Wildman–Crippen MR) is 72.1 cm³/mol. The van der Waals surface area contributed by atoms with E-state index >= 15 is 0 Å². The second-order valence-electron chi connectivity index (χ2n) is 4.88. The van der Waals surface area contributed by atoms with Crippen molar-refractivity contribution in [2.45, 2.75) is 32.3 Å². The van der Waals surface area contributed by atoms with E-state index in [0.29, 0.717) is 12.5 Å². The minimum absolute atomic E-state index is 0.228. The molecule has 0 spiro atoms. The maximum atomic E-state index is 10.5. The lowest BCUT2D eigenvalue weighted by molar-refractivity contribution is -0.139. The van der Waals surface area contributed by atoms with Crippen molar-refractivity contribution in [1.29, 1.82) is 0 Å². The van der Waals surface area contributed by atoms with Gasteiger partial charge < -0.3 is 15.1 Å². The first-order valence-corrected chi connectivity index (χ1v) is 6.11. The van der Waals surface area contributed by atoms with Crippen molar-refractivity contribution >= 4 is 11.7 Å². The molecule has 2 N–H and O–H groups in total. The number of carboxylic acid groups (broad SMARTS) is 1. The Hall–Kier alpha value is -1.55. The summed E-state index contributed by atoms with van der Waals surface area (Å²) in [6, 6.07) is 8.09. The van der Waals surface area contributed by atoms with Gasteiger partial charge in [0.2, 0.25) is 0 Å². The maximum Gasteiger partial charge on any atom is 0.306 e. The highest BCUT2D eigenvalue weighted by Gasteiger charge is 2.12. The molecule has 1 aromatic rings. The first-order chi connectivity index (χ1) is 8.40. The van der Waals surface area contributed by atoms with Gasteiger partial charge in [0.05, 0.1) is 12.5 Å². The van der Waals surface area contributed by atoms with Gasteiger partial charge in [-0.2, -0.15) is 0 Å². The van der Waals surface area contributed by atoms with E-state index < -0.39 is 12.1 Å². The summed E-state index contributed by atoms with van der Waals surface area (Å²) in [4.78, 5) is 12.3. The molecule has 0 amide bonds. The molecule has 0 saturated heterocycles. The molecule has 0 fully saturated rings. The van der Waals surface area contributed by atoms with Crippen LogP contribution in [0.3, 0.4) is 0 Å². The smallest absolute Gasteiger partial charge is 0.306 e. The summed E-state index contributed by atoms with van der Waals surface area (Å²) in [7, 11) is 1.84. The number of aliphatic hydroxyl groups is 1. The van der Waals surface area contributed by atoms with Gasteiger partial charge in [-0.05, 0) is 23.6 Å². The molecule has 100 valence electrons. The quantitative estimate of drug-likeness (QED) is 0.812. The average molecular weight is 251 g/mol. The highest BCUT2D eigenvalue weighted by atomic mass is 16.4. The van der Waals surface area contributed by atoms with Gasteiger partial charge in [0.15, 0.2) is 0 Å². The molecule has 1 aromatic carbocycles. The SMILES string of the molecule is CC(C)c1ccc(N(C)CC(O)CC(=O)O)cc1. The largest absolute Gasteiger partial charge is 0.481 e. The van der Waals surface area contributed by atoms with Crippen molar-refractivity contribution in [3.05, 3.63) is 29.8 Å². The molecule has 0 heterocycles. The van der Waals surface area contributed by atoms with Crippen LogP contribution in [0.25, 0.3) is 0 Å². The van der Waals surface area contributed by atoms with E-state index in [1.54, 1.807) is 0 Å². The van der Waals surface area contributed by atoms with Crippen molar-refractivity contribution in [2.24, 2.45) is 0 Å². The van der Waals surface area contributed by atoms with Crippen LogP contribution in [-0.4, -0.2) is 35.9 Å². The molecule has 4 nitrogen and oxygen atoms in total. The van der Waals surface area contributed by atoms with Gasteiger partial charge in [0, 0.05) is 19.3 Å². The van der Waals surface area contributed by atoms with E-state index in [-0.39, 0.29) is 6.42 Å². The van der Waals surface area contributed by atoms with E-state index in [0.717, 1.165) is 5.69 Å². The predicted octanol–water partition coefficient (Wildman–Crippen LogP) is 2.08. The molecule has 0 aliphatic carbocycles. The van der Waals surface area contributed by atoms with Gasteiger partial charge >= 0.3 is 5.97 Å². The van der Waals surface area contributed by atoms with Gasteiger partial charge in [-0.25, -0.2) is 0 Å². The molecule has 0 radical (unpaired) electrons. The summed E-state index contributed by atoms with van der Waals surface area (Å²) in [5.74, 6) is -0.493. The van der Waals surface area contributed by atoms with E-state index in [2.05, 4.69) is 26.0 Å². The summed E-state index contributed by atoms with van der Waals surface area (Å²) in [6.45, 7) is 4.58. The normalized spacial score (nSPS) is 12.5. The minimum atomic E-state index is -0.981. The molecule has 0 saturated carbocycles. The third-order valence-electron chi connectivity index (χ3n) is 2.90. The van der Waals surface area contributed by atoms with Crippen LogP contribution in [0.4, 0.5) is 5.69 Å². The monoisotopic (exact) mass is 251 g/mol. The Balaban J connectivity index is 2.61. The van der Waals surface area contributed by atoms with Crippen LogP contribution >= 0.6 is 0 Å². The average Bonchev–Trinajstić information content (AvgIpc) is 2.27. The highest BCUT2D eigenvalue weighted by molar-refractivity contribution is 5.67. The van der Waals surface area contributed by atoms with Crippen molar-refractivity contribution in [2.75, 3.05) is 18.5 Å². The summed E-state index contributed by atoms with van der Waals surface area (Å²) in [6.07, 6.45) is -1.08. The van der Waals surface area contributed by atoms with Crippen LogP contribution in [0.2, 0.25) is 0 Å². The summed E-state index contributed by atoms with van der Waals surface area (Å²) >= 11 is 0. The Morgan fingerprint density at radius 1 is 1.28 bits per heavy atom. The standard InChI is InChI=1S/C14H21NO3/c1-10(2)11-4-6-12(7-5-11)15(3)9-13(16)8-14(17)18/h4-7,10,13,16H,8-9H2,1-3H3,(H,17,18). The van der Waals surface area contributed by atoms with E-state index in [1.807, 2.05) is 24.1 Å². The third-order valence-corrected chi connectivity index (χ3v) is 2.90. The van der Waals surface area contributed by atoms with Gasteiger partial charge in [-0.15, -0.1) is 0 Å². The number of likely N-dealkylation sites (N-methyl/N-ethyl adjacent to an activating group) is 1. The first-order valence-electron chi connectivity index (χ1n) is 6.11. The van der Waals surface area contributed by atoms with Gasteiger partial charge in [0.25, 0.3) is 0 Å². The van der Waals surface area contributed by atoms with Crippen LogP contribution in [0.5, 0.6) is 0 Å². The Kier molecular flexibility index (Phi) is 5.16. The molecule has 1 atom stereocenters. The summed E-state index contributed by atoms with van der Waals surface area (Å²) in [5.41, 5.74) is 2.24. The number of benzene rings is 1. The number of hydrogen-bond acceptors (Lipinski definition) is 3. The number of carbonyl (C=O) groups is 1. The summed E-state index contributed by atoms with van der Waals surface area (Å²) in [5, 5.41) is 18.2. The molecule has 0 aromatic heterocycles. The molecular weight excluding hydrogens is 230 g/mol. The second kappa shape index (κ2) is 6.40. The molecule has 0 aliphatic heterocycles. The zero-order chi connectivity index (χ0) is 13.7. The van der Waals surface area contributed by atoms with Crippen LogP contribution in [-0.2, 0) is 4.79 Å². The van der Waals surface area contributed by atoms with Gasteiger partial charge in [0.1, 0.15) is 0 Å². The van der Waals surface area contributed by atoms with Gasteiger partial charge in [-0.1, -0.05) is 26.0 Å². The Bertz CT molecular complexity index is 387. The number of aliphatic hydroxyl groups excluding tert-OH is 1. The number of hydrogen-bond donors (Lipinski definition) is 2. The number of rotatable bonds is 6. The molecule has 0 aliphatic rings. The molecular formula is C14H21NO3. The fraction of sp³-hybridized carbons (Fsp3) is 0.500. The van der Waals surface area contributed by atoms with E-state index in [1.165, 1.54) is 5.56 Å². The van der Waals surface area contributed by atoms with Gasteiger partial charge in [-0.3, -0.25) is 4.79 Å². The van der Waals surface area contributed by atoms with Crippen LogP contribution < -0.4 is 4.90 Å². The Morgan fingerprint density at radius 2 is 1.83 bits per heavy atom. The lowest BCUT2D eigenvalue weighted by Gasteiger charge is -2.22. The molecule has 0 bridgehead atoms. The number of nitrogens with zero attached hydrogens (tertiary/aromatic N) is 1. The van der Waals surface area contributed by atoms with Crippen LogP contribution in [0.1, 0.15) is 31.7 Å². The van der Waals surface area contributed by atoms with Crippen molar-refractivity contribution < 1.29 is 15.0 Å². The lowest BCUT2D eigenvalue weighted by atomic mass is 10.0. The fourth-order valence-electron chi connectivity index (χ4n) is 1.80. The van der Waals surface area contributed by atoms with E-state index in [9.17, 15) is 9.90 Å². The van der Waals surface area contributed by atoms with Crippen molar-refractivity contribution in [3.8, 4) is 0 Å². The molecule has 18 heavy (non-hydrogen) atoms. The fourth-order valence-corrected chi connectivity index (χ4v) is 1.80. The zero-order valence-electron chi connectivity index (χ0n) is 11.1. The van der Waals surface area contributed by atoms with Crippen molar-refractivity contribution in [3.63, 3.8) is 0 Å². The van der Waals surface area contributed by atoms with Crippen molar-refractivity contribution in [1.82, 2.24) is 0 Å².